The second-order valence-corrected chi connectivity index (χ2v) is 14.8. The maximum absolute atomic E-state index is 5.45. The van der Waals surface area contributed by atoms with Crippen LogP contribution in [-0.2, 0) is 0 Å². The Morgan fingerprint density at radius 1 is 0.310 bits per heavy atom. The van der Waals surface area contributed by atoms with Gasteiger partial charge in [-0.2, -0.15) is 0 Å². The van der Waals surface area contributed by atoms with Gasteiger partial charge in [0.1, 0.15) is 0 Å². The Kier molecular flexibility index (Phi) is 7.16. The summed E-state index contributed by atoms with van der Waals surface area (Å²) in [5.74, 6) is 1.84. The van der Waals surface area contributed by atoms with Gasteiger partial charge in [0.15, 0.2) is 17.5 Å². The Morgan fingerprint density at radius 2 is 0.862 bits per heavy atom. The fourth-order valence-electron chi connectivity index (χ4n) is 8.89. The van der Waals surface area contributed by atoms with Crippen molar-refractivity contribution in [2.24, 2.45) is 0 Å². The SMILES string of the molecule is c1ccc(-n2c3ccccc3c3cccc(-c4nc(-c5ccc6ccccc6c5)nc(-c5ccccc5-n5c6ccccc6c6cc7ccccc7cc65)n4)c32)cc1. The second-order valence-electron chi connectivity index (χ2n) is 14.8. The van der Waals surface area contributed by atoms with E-state index >= 15 is 0 Å². The van der Waals surface area contributed by atoms with E-state index in [2.05, 4.69) is 209 Å². The van der Waals surface area contributed by atoms with Gasteiger partial charge < -0.3 is 9.13 Å². The number of para-hydroxylation sites is 5. The number of rotatable bonds is 5. The molecule has 0 bridgehead atoms. The molecule has 0 aliphatic rings. The Hall–Kier alpha value is -7.89. The van der Waals surface area contributed by atoms with Crippen LogP contribution in [0.5, 0.6) is 0 Å². The highest BCUT2D eigenvalue weighted by atomic mass is 15.1. The first kappa shape index (κ1) is 32.4. The van der Waals surface area contributed by atoms with Crippen molar-refractivity contribution < 1.29 is 0 Å². The molecule has 0 spiro atoms. The van der Waals surface area contributed by atoms with Crippen molar-refractivity contribution in [3.8, 4) is 45.5 Å². The largest absolute Gasteiger partial charge is 0.309 e. The normalized spacial score (nSPS) is 11.8. The Labute approximate surface area is 333 Å². The Morgan fingerprint density at radius 3 is 1.66 bits per heavy atom. The number of nitrogens with zero attached hydrogens (tertiary/aromatic N) is 5. The summed E-state index contributed by atoms with van der Waals surface area (Å²) in [6.45, 7) is 0. The molecule has 0 radical (unpaired) electrons. The molecule has 12 aromatic rings. The van der Waals surface area contributed by atoms with Gasteiger partial charge in [0.25, 0.3) is 0 Å². The molecule has 5 heteroatoms. The molecule has 9 aromatic carbocycles. The van der Waals surface area contributed by atoms with Gasteiger partial charge in [-0.05, 0) is 82.2 Å². The zero-order chi connectivity index (χ0) is 38.2. The van der Waals surface area contributed by atoms with E-state index in [1.807, 2.05) is 0 Å². The summed E-state index contributed by atoms with van der Waals surface area (Å²) >= 11 is 0. The van der Waals surface area contributed by atoms with E-state index < -0.39 is 0 Å². The molecule has 0 saturated carbocycles. The number of hydrogen-bond acceptors (Lipinski definition) is 3. The smallest absolute Gasteiger partial charge is 0.166 e. The molecule has 0 aliphatic heterocycles. The molecule has 270 valence electrons. The summed E-state index contributed by atoms with van der Waals surface area (Å²) in [6, 6.07) is 70.9. The summed E-state index contributed by atoms with van der Waals surface area (Å²) < 4.78 is 4.72. The fourth-order valence-corrected chi connectivity index (χ4v) is 8.89. The molecular formula is C53H33N5. The van der Waals surface area contributed by atoms with Crippen molar-refractivity contribution in [1.82, 2.24) is 24.1 Å². The minimum atomic E-state index is 0.606. The maximum Gasteiger partial charge on any atom is 0.166 e. The molecule has 0 aliphatic carbocycles. The second kappa shape index (κ2) is 12.8. The highest BCUT2D eigenvalue weighted by molar-refractivity contribution is 6.15. The van der Waals surface area contributed by atoms with E-state index in [0.717, 1.165) is 60.9 Å². The van der Waals surface area contributed by atoms with E-state index in [9.17, 15) is 0 Å². The summed E-state index contributed by atoms with van der Waals surface area (Å²) in [5.41, 5.74) is 9.30. The van der Waals surface area contributed by atoms with Crippen LogP contribution in [-0.4, -0.2) is 24.1 Å². The van der Waals surface area contributed by atoms with Gasteiger partial charge in [0, 0.05) is 43.9 Å². The standard InChI is InChI=1S/C53H33N5/c1-2-19-39(20-3-1)57-46-26-11-8-21-40(46)42-24-14-25-44(50(42)57)53-55-51(38-30-29-34-15-4-5-16-35(34)31-38)54-52(56-53)43-23-10-13-28-48(43)58-47-27-12-9-22-41(47)45-32-36-17-6-7-18-37(36)33-49(45)58/h1-33H. The van der Waals surface area contributed by atoms with Crippen molar-refractivity contribution in [3.63, 3.8) is 0 Å². The minimum absolute atomic E-state index is 0.606. The lowest BCUT2D eigenvalue weighted by Gasteiger charge is -2.15. The first-order valence-electron chi connectivity index (χ1n) is 19.6. The van der Waals surface area contributed by atoms with Crippen LogP contribution < -0.4 is 0 Å². The number of fused-ring (bicyclic) bond motifs is 8. The van der Waals surface area contributed by atoms with Crippen molar-refractivity contribution in [1.29, 1.82) is 0 Å². The number of aromatic nitrogens is 5. The number of benzene rings is 9. The third kappa shape index (κ3) is 5.00. The van der Waals surface area contributed by atoms with Crippen molar-refractivity contribution in [2.75, 3.05) is 0 Å². The van der Waals surface area contributed by atoms with Crippen LogP contribution in [0.2, 0.25) is 0 Å². The molecule has 0 amide bonds. The van der Waals surface area contributed by atoms with Crippen molar-refractivity contribution in [3.05, 3.63) is 200 Å². The Bertz CT molecular complexity index is 3580. The molecule has 3 heterocycles. The molecule has 58 heavy (non-hydrogen) atoms. The highest BCUT2D eigenvalue weighted by Crippen LogP contribution is 2.40. The zero-order valence-corrected chi connectivity index (χ0v) is 31.3. The lowest BCUT2D eigenvalue weighted by Crippen LogP contribution is -2.04. The van der Waals surface area contributed by atoms with Gasteiger partial charge in [0.05, 0.1) is 27.8 Å². The highest BCUT2D eigenvalue weighted by Gasteiger charge is 2.22. The summed E-state index contributed by atoms with van der Waals surface area (Å²) in [6.07, 6.45) is 0. The summed E-state index contributed by atoms with van der Waals surface area (Å²) in [4.78, 5) is 16.1. The van der Waals surface area contributed by atoms with Crippen LogP contribution in [0.3, 0.4) is 0 Å². The molecule has 3 aromatic heterocycles. The van der Waals surface area contributed by atoms with Crippen molar-refractivity contribution >= 4 is 65.2 Å². The Balaban J connectivity index is 1.16. The van der Waals surface area contributed by atoms with Crippen LogP contribution in [0.15, 0.2) is 200 Å². The predicted octanol–water partition coefficient (Wildman–Crippen LogP) is 13.4. The molecule has 0 saturated heterocycles. The third-order valence-electron chi connectivity index (χ3n) is 11.5. The minimum Gasteiger partial charge on any atom is -0.309 e. The van der Waals surface area contributed by atoms with Gasteiger partial charge in [-0.15, -0.1) is 0 Å². The van der Waals surface area contributed by atoms with Gasteiger partial charge in [-0.25, -0.2) is 15.0 Å². The molecule has 12 rings (SSSR count). The molecule has 0 N–H and O–H groups in total. The van der Waals surface area contributed by atoms with Crippen LogP contribution in [0.1, 0.15) is 0 Å². The average Bonchev–Trinajstić information content (AvgIpc) is 3.80. The predicted molar refractivity (Wildman–Crippen MR) is 240 cm³/mol. The van der Waals surface area contributed by atoms with E-state index in [-0.39, 0.29) is 0 Å². The maximum atomic E-state index is 5.45. The van der Waals surface area contributed by atoms with Crippen LogP contribution in [0.4, 0.5) is 0 Å². The monoisotopic (exact) mass is 739 g/mol. The molecule has 0 unspecified atom stereocenters. The number of hydrogen-bond donors (Lipinski definition) is 0. The quantitative estimate of drug-likeness (QED) is 0.177. The first-order valence-corrected chi connectivity index (χ1v) is 19.6. The van der Waals surface area contributed by atoms with E-state index in [1.165, 1.54) is 32.3 Å². The average molecular weight is 740 g/mol. The molecular weight excluding hydrogens is 707 g/mol. The van der Waals surface area contributed by atoms with Crippen molar-refractivity contribution in [2.45, 2.75) is 0 Å². The van der Waals surface area contributed by atoms with E-state index in [4.69, 9.17) is 15.0 Å². The van der Waals surface area contributed by atoms with Gasteiger partial charge in [0.2, 0.25) is 0 Å². The lowest BCUT2D eigenvalue weighted by atomic mass is 10.1. The third-order valence-corrected chi connectivity index (χ3v) is 11.5. The van der Waals surface area contributed by atoms with Crippen LogP contribution in [0.25, 0.3) is 111 Å². The summed E-state index contributed by atoms with van der Waals surface area (Å²) in [5, 5.41) is 9.44. The fraction of sp³-hybridized carbons (Fsp3) is 0. The summed E-state index contributed by atoms with van der Waals surface area (Å²) in [7, 11) is 0. The first-order chi connectivity index (χ1) is 28.8. The van der Waals surface area contributed by atoms with Crippen LogP contribution >= 0.6 is 0 Å². The molecule has 0 atom stereocenters. The molecule has 5 nitrogen and oxygen atoms in total. The molecule has 0 fully saturated rings. The topological polar surface area (TPSA) is 48.5 Å². The van der Waals surface area contributed by atoms with Gasteiger partial charge in [-0.3, -0.25) is 0 Å². The van der Waals surface area contributed by atoms with Crippen LogP contribution in [0, 0.1) is 0 Å². The zero-order valence-electron chi connectivity index (χ0n) is 31.3. The van der Waals surface area contributed by atoms with E-state index in [1.54, 1.807) is 0 Å². The lowest BCUT2D eigenvalue weighted by molar-refractivity contribution is 1.06. The van der Waals surface area contributed by atoms with E-state index in [0.29, 0.717) is 17.5 Å². The van der Waals surface area contributed by atoms with Gasteiger partial charge in [-0.1, -0.05) is 140 Å². The van der Waals surface area contributed by atoms with Gasteiger partial charge >= 0.3 is 0 Å².